The van der Waals surface area contributed by atoms with E-state index in [-0.39, 0.29) is 35.8 Å². The van der Waals surface area contributed by atoms with Crippen LogP contribution in [-0.2, 0) is 25.4 Å². The first-order valence-electron chi connectivity index (χ1n) is 15.3. The van der Waals surface area contributed by atoms with Crippen LogP contribution >= 0.6 is 0 Å². The van der Waals surface area contributed by atoms with Crippen molar-refractivity contribution in [2.75, 3.05) is 20.3 Å². The Kier molecular flexibility index (Phi) is 9.79. The summed E-state index contributed by atoms with van der Waals surface area (Å²) < 4.78 is 38.9. The highest BCUT2D eigenvalue weighted by atomic mass is 16.7. The number of fused-ring (bicyclic) bond motifs is 1. The monoisotopic (exact) mass is 652 g/mol. The van der Waals surface area contributed by atoms with Crippen molar-refractivity contribution in [3.63, 3.8) is 0 Å². The predicted molar refractivity (Wildman–Crippen MR) is 170 cm³/mol. The quantitative estimate of drug-likeness (QED) is 0.164. The fourth-order valence-corrected chi connectivity index (χ4v) is 5.30. The Bertz CT molecular complexity index is 1630. The van der Waals surface area contributed by atoms with Crippen molar-refractivity contribution in [2.45, 2.75) is 37.8 Å². The van der Waals surface area contributed by atoms with Crippen LogP contribution in [0.4, 0.5) is 0 Å². The van der Waals surface area contributed by atoms with Crippen molar-refractivity contribution >= 4 is 23.9 Å². The molecule has 0 aliphatic carbocycles. The second-order valence-electron chi connectivity index (χ2n) is 11.1. The highest BCUT2D eigenvalue weighted by Crippen LogP contribution is 2.32. The standard InChI is InChI=1S/C37H32O11/c1-3-22-4-6-23(7-5-22)34(38)45-28-16-10-25(11-17-28)36(40)47-30-20-43-33-31(21-44-32(30)33)48-37(41)26-12-18-29(19-13-26)46-35(39)24-8-14-27(42-2)15-9-24/h4-19,30-33H,3,20-21H2,1-2H3/t30-,31+,32-,33-/m1/s1. The summed E-state index contributed by atoms with van der Waals surface area (Å²) in [6.07, 6.45) is -1.80. The van der Waals surface area contributed by atoms with E-state index < -0.39 is 48.3 Å². The van der Waals surface area contributed by atoms with Gasteiger partial charge in [0.05, 0.1) is 42.6 Å². The minimum Gasteiger partial charge on any atom is -0.497 e. The van der Waals surface area contributed by atoms with Crippen LogP contribution in [0.25, 0.3) is 0 Å². The molecule has 0 saturated carbocycles. The van der Waals surface area contributed by atoms with Gasteiger partial charge in [0.15, 0.2) is 12.2 Å². The Hall–Kier alpha value is -5.52. The summed E-state index contributed by atoms with van der Waals surface area (Å²) in [6, 6.07) is 25.7. The van der Waals surface area contributed by atoms with Crippen LogP contribution < -0.4 is 14.2 Å². The molecule has 0 bridgehead atoms. The summed E-state index contributed by atoms with van der Waals surface area (Å²) in [6.45, 7) is 2.16. The third-order valence-electron chi connectivity index (χ3n) is 8.00. The maximum absolute atomic E-state index is 12.9. The van der Waals surface area contributed by atoms with Crippen LogP contribution in [-0.4, -0.2) is 68.6 Å². The number of carbonyl (C=O) groups is 4. The minimum atomic E-state index is -0.717. The fourth-order valence-electron chi connectivity index (χ4n) is 5.30. The van der Waals surface area contributed by atoms with Gasteiger partial charge in [-0.15, -0.1) is 0 Å². The molecule has 0 N–H and O–H groups in total. The van der Waals surface area contributed by atoms with Gasteiger partial charge in [0.25, 0.3) is 0 Å². The van der Waals surface area contributed by atoms with Gasteiger partial charge < -0.3 is 33.2 Å². The van der Waals surface area contributed by atoms with E-state index in [4.69, 9.17) is 33.2 Å². The lowest BCUT2D eigenvalue weighted by molar-refractivity contribution is -0.0287. The van der Waals surface area contributed by atoms with Crippen molar-refractivity contribution in [1.29, 1.82) is 0 Å². The number of benzene rings is 4. The van der Waals surface area contributed by atoms with E-state index in [1.807, 2.05) is 19.1 Å². The Balaban J connectivity index is 0.977. The molecule has 48 heavy (non-hydrogen) atoms. The second kappa shape index (κ2) is 14.5. The third kappa shape index (κ3) is 7.38. The molecule has 2 aliphatic rings. The molecular weight excluding hydrogens is 620 g/mol. The number of esters is 4. The van der Waals surface area contributed by atoms with Crippen LogP contribution in [0, 0.1) is 0 Å². The van der Waals surface area contributed by atoms with Gasteiger partial charge in [0.1, 0.15) is 29.5 Å². The van der Waals surface area contributed by atoms with Gasteiger partial charge in [0.2, 0.25) is 0 Å². The second-order valence-corrected chi connectivity index (χ2v) is 11.1. The molecule has 4 aromatic carbocycles. The van der Waals surface area contributed by atoms with Gasteiger partial charge in [-0.2, -0.15) is 0 Å². The zero-order chi connectivity index (χ0) is 33.6. The SMILES string of the molecule is CCc1ccc(C(=O)Oc2ccc(C(=O)O[C@@H]3CO[C@H]4[C@@H]3OC[C@@H]4OC(=O)c3ccc(OC(=O)c4ccc(OC)cc4)cc3)cc2)cc1. The van der Waals surface area contributed by atoms with E-state index in [9.17, 15) is 19.2 Å². The van der Waals surface area contributed by atoms with Crippen LogP contribution in [0.15, 0.2) is 97.1 Å². The van der Waals surface area contributed by atoms with Gasteiger partial charge in [-0.1, -0.05) is 19.1 Å². The van der Waals surface area contributed by atoms with Crippen LogP contribution in [0.2, 0.25) is 0 Å². The Labute approximate surface area is 276 Å². The normalized spacial score (nSPS) is 19.5. The van der Waals surface area contributed by atoms with Crippen molar-refractivity contribution in [2.24, 2.45) is 0 Å². The van der Waals surface area contributed by atoms with Gasteiger partial charge in [-0.25, -0.2) is 19.2 Å². The lowest BCUT2D eigenvalue weighted by Crippen LogP contribution is -2.36. The molecule has 0 radical (unpaired) electrons. The molecule has 2 saturated heterocycles. The average molecular weight is 653 g/mol. The first-order valence-corrected chi connectivity index (χ1v) is 15.3. The van der Waals surface area contributed by atoms with Crippen molar-refractivity contribution in [1.82, 2.24) is 0 Å². The summed E-state index contributed by atoms with van der Waals surface area (Å²) in [5.74, 6) is -1.11. The zero-order valence-electron chi connectivity index (χ0n) is 26.2. The number of rotatable bonds is 10. The fraction of sp³-hybridized carbons (Fsp3) is 0.243. The summed E-state index contributed by atoms with van der Waals surface area (Å²) >= 11 is 0. The summed E-state index contributed by atoms with van der Waals surface area (Å²) in [5.41, 5.74) is 2.38. The summed E-state index contributed by atoms with van der Waals surface area (Å²) in [4.78, 5) is 50.6. The number of hydrogen-bond donors (Lipinski definition) is 0. The first kappa shape index (κ1) is 32.4. The molecule has 11 nitrogen and oxygen atoms in total. The van der Waals surface area contributed by atoms with E-state index in [1.54, 1.807) is 36.4 Å². The molecule has 0 unspecified atom stereocenters. The Morgan fingerprint density at radius 1 is 0.542 bits per heavy atom. The number of aryl methyl sites for hydroxylation is 1. The molecule has 2 fully saturated rings. The predicted octanol–water partition coefficient (Wildman–Crippen LogP) is 5.24. The molecule has 2 heterocycles. The minimum absolute atomic E-state index is 0.0634. The van der Waals surface area contributed by atoms with Gasteiger partial charge >= 0.3 is 23.9 Å². The van der Waals surface area contributed by atoms with Crippen molar-refractivity contribution < 1.29 is 52.3 Å². The molecule has 0 aromatic heterocycles. The van der Waals surface area contributed by atoms with E-state index in [0.29, 0.717) is 16.9 Å². The van der Waals surface area contributed by atoms with Crippen molar-refractivity contribution in [3.05, 3.63) is 125 Å². The molecule has 4 aromatic rings. The molecular formula is C37H32O11. The average Bonchev–Trinajstić information content (AvgIpc) is 3.71. The smallest absolute Gasteiger partial charge is 0.343 e. The number of hydrogen-bond acceptors (Lipinski definition) is 11. The molecule has 4 atom stereocenters. The molecule has 246 valence electrons. The van der Waals surface area contributed by atoms with E-state index in [0.717, 1.165) is 12.0 Å². The Morgan fingerprint density at radius 2 is 0.896 bits per heavy atom. The molecule has 2 aliphatic heterocycles. The van der Waals surface area contributed by atoms with Gasteiger partial charge in [-0.05, 0) is 96.9 Å². The first-order chi connectivity index (χ1) is 23.3. The lowest BCUT2D eigenvalue weighted by Gasteiger charge is -2.17. The number of carbonyl (C=O) groups excluding carboxylic acids is 4. The van der Waals surface area contributed by atoms with Crippen LogP contribution in [0.1, 0.15) is 53.9 Å². The van der Waals surface area contributed by atoms with Gasteiger partial charge in [-0.3, -0.25) is 0 Å². The third-order valence-corrected chi connectivity index (χ3v) is 8.00. The molecule has 0 amide bonds. The van der Waals surface area contributed by atoms with Crippen LogP contribution in [0.5, 0.6) is 17.2 Å². The molecule has 11 heteroatoms. The number of ether oxygens (including phenoxy) is 7. The highest BCUT2D eigenvalue weighted by molar-refractivity contribution is 5.93. The lowest BCUT2D eigenvalue weighted by atomic mass is 10.1. The maximum atomic E-state index is 12.9. The van der Waals surface area contributed by atoms with Crippen LogP contribution in [0.3, 0.4) is 0 Å². The zero-order valence-corrected chi connectivity index (χ0v) is 26.2. The van der Waals surface area contributed by atoms with Crippen molar-refractivity contribution in [3.8, 4) is 17.2 Å². The molecule has 0 spiro atoms. The topological polar surface area (TPSA) is 133 Å². The van der Waals surface area contributed by atoms with Gasteiger partial charge in [0, 0.05) is 0 Å². The maximum Gasteiger partial charge on any atom is 0.343 e. The van der Waals surface area contributed by atoms with E-state index in [2.05, 4.69) is 0 Å². The highest BCUT2D eigenvalue weighted by Gasteiger charge is 2.51. The van der Waals surface area contributed by atoms with E-state index in [1.165, 1.54) is 55.6 Å². The summed E-state index contributed by atoms with van der Waals surface area (Å²) in [5, 5.41) is 0. The molecule has 6 rings (SSSR count). The van der Waals surface area contributed by atoms with E-state index >= 15 is 0 Å². The summed E-state index contributed by atoms with van der Waals surface area (Å²) in [7, 11) is 1.53. The largest absolute Gasteiger partial charge is 0.497 e. The number of methoxy groups -OCH3 is 1. The Morgan fingerprint density at radius 3 is 1.27 bits per heavy atom.